The number of carboxylic acids is 1. The number of anilines is 1. The minimum atomic E-state index is -1.22. The molecule has 0 radical (unpaired) electrons. The van der Waals surface area contributed by atoms with Gasteiger partial charge in [-0.05, 0) is 42.7 Å². The summed E-state index contributed by atoms with van der Waals surface area (Å²) in [5.41, 5.74) is 1.82. The molecule has 1 aromatic rings. The average molecular weight is 528 g/mol. The zero-order valence-corrected chi connectivity index (χ0v) is 20.9. The molecular weight excluding hydrogens is 501 g/mol. The van der Waals surface area contributed by atoms with Crippen molar-refractivity contribution in [3.05, 3.63) is 65.0 Å². The first kappa shape index (κ1) is 25.2. The van der Waals surface area contributed by atoms with Gasteiger partial charge in [0.2, 0.25) is 0 Å². The van der Waals surface area contributed by atoms with E-state index in [1.807, 2.05) is 17.2 Å². The Balaban J connectivity index is 1.25. The summed E-state index contributed by atoms with van der Waals surface area (Å²) in [6, 6.07) is 4.89. The lowest BCUT2D eigenvalue weighted by atomic mass is 9.96. The maximum Gasteiger partial charge on any atom is 0.306 e. The molecule has 3 atom stereocenters. The van der Waals surface area contributed by atoms with Crippen molar-refractivity contribution >= 4 is 40.8 Å². The van der Waals surface area contributed by atoms with E-state index in [2.05, 4.69) is 15.3 Å². The van der Waals surface area contributed by atoms with Crippen LogP contribution in [0.4, 0.5) is 10.1 Å². The summed E-state index contributed by atoms with van der Waals surface area (Å²) in [6.45, 7) is 1.22. The fourth-order valence-corrected chi connectivity index (χ4v) is 5.19. The largest absolute Gasteiger partial charge is 0.481 e. The molecule has 11 heteroatoms. The second kappa shape index (κ2) is 10.5. The van der Waals surface area contributed by atoms with Crippen molar-refractivity contribution in [2.24, 2.45) is 15.9 Å². The van der Waals surface area contributed by atoms with Gasteiger partial charge >= 0.3 is 5.97 Å². The molecule has 9 nitrogen and oxygen atoms in total. The number of carbonyl (C=O) groups is 2. The predicted octanol–water partition coefficient (Wildman–Crippen LogP) is 3.50. The van der Waals surface area contributed by atoms with Gasteiger partial charge in [0.15, 0.2) is 11.7 Å². The third-order valence-electron chi connectivity index (χ3n) is 7.03. The number of aliphatic imine (C=N–C) groups is 2. The minimum absolute atomic E-state index is 0.153. The summed E-state index contributed by atoms with van der Waals surface area (Å²) in [4.78, 5) is 36.8. The van der Waals surface area contributed by atoms with Crippen LogP contribution in [-0.4, -0.2) is 83.5 Å². The number of carboxylic acid groups (broad SMARTS) is 1. The molecule has 2 N–H and O–H groups in total. The van der Waals surface area contributed by atoms with Gasteiger partial charge in [0, 0.05) is 38.3 Å². The van der Waals surface area contributed by atoms with E-state index >= 15 is 0 Å². The Morgan fingerprint density at radius 1 is 1.27 bits per heavy atom. The number of likely N-dealkylation sites (tertiary alicyclic amines) is 1. The van der Waals surface area contributed by atoms with Crippen molar-refractivity contribution in [3.8, 4) is 0 Å². The van der Waals surface area contributed by atoms with Crippen molar-refractivity contribution < 1.29 is 23.8 Å². The number of piperidine rings is 1. The number of nitrogens with one attached hydrogen (secondary N) is 1. The van der Waals surface area contributed by atoms with Gasteiger partial charge in [-0.3, -0.25) is 14.6 Å². The average Bonchev–Trinajstić information content (AvgIpc) is 3.34. The highest BCUT2D eigenvalue weighted by molar-refractivity contribution is 6.46. The lowest BCUT2D eigenvalue weighted by Crippen LogP contribution is -2.41. The van der Waals surface area contributed by atoms with E-state index in [0.29, 0.717) is 55.4 Å². The summed E-state index contributed by atoms with van der Waals surface area (Å²) in [5, 5.41) is 12.7. The van der Waals surface area contributed by atoms with Gasteiger partial charge < -0.3 is 25.0 Å². The van der Waals surface area contributed by atoms with Gasteiger partial charge in [-0.15, -0.1) is 0 Å². The van der Waals surface area contributed by atoms with E-state index in [1.54, 1.807) is 41.5 Å². The van der Waals surface area contributed by atoms with Gasteiger partial charge in [-0.2, -0.15) is 0 Å². The Labute approximate surface area is 218 Å². The highest BCUT2D eigenvalue weighted by atomic mass is 35.5. The number of methoxy groups -OCH3 is 1. The standard InChI is InChI=1S/C26H27ClFN5O4/c1-37-22-5-2-16(12-20(22)28)21-14-30-24-23(29-8-11-33(21)24)31-17-3-4-18(19(27)13-17)25(34)32-9-6-15(7-10-32)26(35)36/h2-5,8,11-13,15,20-22H,6-7,9-10,14H2,1H3,(H,29,31)(H,35,36). The second-order valence-corrected chi connectivity index (χ2v) is 9.67. The number of aliphatic carboxylic acids is 1. The molecule has 37 heavy (non-hydrogen) atoms. The van der Waals surface area contributed by atoms with Crippen LogP contribution in [0.25, 0.3) is 0 Å². The van der Waals surface area contributed by atoms with E-state index < -0.39 is 24.2 Å². The number of amidine groups is 2. The molecule has 4 aliphatic rings. The zero-order valence-electron chi connectivity index (χ0n) is 20.2. The molecule has 0 bridgehead atoms. The number of fused-ring (bicyclic) bond motifs is 1. The highest BCUT2D eigenvalue weighted by Gasteiger charge is 2.35. The third-order valence-corrected chi connectivity index (χ3v) is 7.34. The number of amides is 1. The fourth-order valence-electron chi connectivity index (χ4n) is 4.93. The van der Waals surface area contributed by atoms with Crippen LogP contribution in [-0.2, 0) is 9.53 Å². The van der Waals surface area contributed by atoms with Crippen LogP contribution in [0.3, 0.4) is 0 Å². The molecule has 0 aromatic heterocycles. The monoisotopic (exact) mass is 527 g/mol. The quantitative estimate of drug-likeness (QED) is 0.607. The van der Waals surface area contributed by atoms with E-state index in [9.17, 15) is 19.1 Å². The number of rotatable bonds is 5. The Bertz CT molecular complexity index is 1250. The number of halogens is 2. The smallest absolute Gasteiger partial charge is 0.306 e. The van der Waals surface area contributed by atoms with Gasteiger partial charge in [-0.25, -0.2) is 9.38 Å². The summed E-state index contributed by atoms with van der Waals surface area (Å²) < 4.78 is 19.5. The van der Waals surface area contributed by atoms with E-state index in [0.717, 1.165) is 5.57 Å². The lowest BCUT2D eigenvalue weighted by molar-refractivity contribution is -0.143. The number of alkyl halides is 1. The fraction of sp³-hybridized carbons (Fsp3) is 0.385. The van der Waals surface area contributed by atoms with E-state index in [4.69, 9.17) is 16.3 Å². The van der Waals surface area contributed by atoms with Gasteiger partial charge in [0.05, 0.1) is 29.1 Å². The maximum atomic E-state index is 14.4. The van der Waals surface area contributed by atoms with E-state index in [-0.39, 0.29) is 17.0 Å². The SMILES string of the molecule is COC1C=CC(C2CN=C3C(Nc4ccc(C(=O)N5CCC(C(=O)O)CC5)c(Cl)c4)=NC=CN32)=CC1F. The number of benzene rings is 1. The third kappa shape index (κ3) is 5.03. The maximum absolute atomic E-state index is 14.4. The molecule has 3 unspecified atom stereocenters. The van der Waals surface area contributed by atoms with Crippen LogP contribution >= 0.6 is 11.6 Å². The molecule has 1 amide bonds. The minimum Gasteiger partial charge on any atom is -0.481 e. The Morgan fingerprint density at radius 2 is 2.05 bits per heavy atom. The van der Waals surface area contributed by atoms with Gasteiger partial charge in [0.1, 0.15) is 12.3 Å². The molecule has 3 aliphatic heterocycles. The number of ether oxygens (including phenoxy) is 1. The van der Waals surface area contributed by atoms with Crippen LogP contribution in [0.2, 0.25) is 5.02 Å². The number of carbonyl (C=O) groups excluding carboxylic acids is 1. The molecule has 194 valence electrons. The summed E-state index contributed by atoms with van der Waals surface area (Å²) in [5.74, 6) is -0.314. The lowest BCUT2D eigenvalue weighted by Gasteiger charge is -2.30. The van der Waals surface area contributed by atoms with Gasteiger partial charge in [-0.1, -0.05) is 23.8 Å². The van der Waals surface area contributed by atoms with Crippen LogP contribution in [0.5, 0.6) is 0 Å². The molecule has 5 rings (SSSR count). The first-order chi connectivity index (χ1) is 17.9. The summed E-state index contributed by atoms with van der Waals surface area (Å²) >= 11 is 6.48. The summed E-state index contributed by atoms with van der Waals surface area (Å²) in [7, 11) is 1.48. The van der Waals surface area contributed by atoms with Crippen molar-refractivity contribution in [1.29, 1.82) is 0 Å². The van der Waals surface area contributed by atoms with Crippen LogP contribution in [0, 0.1) is 5.92 Å². The van der Waals surface area contributed by atoms with Crippen molar-refractivity contribution in [2.75, 3.05) is 32.1 Å². The molecule has 1 saturated heterocycles. The zero-order chi connectivity index (χ0) is 26.1. The Kier molecular flexibility index (Phi) is 7.12. The predicted molar refractivity (Wildman–Crippen MR) is 139 cm³/mol. The van der Waals surface area contributed by atoms with E-state index in [1.165, 1.54) is 7.11 Å². The molecule has 3 heterocycles. The molecular formula is C26H27ClFN5O4. The van der Waals surface area contributed by atoms with Crippen molar-refractivity contribution in [2.45, 2.75) is 31.2 Å². The second-order valence-electron chi connectivity index (χ2n) is 9.26. The first-order valence-corrected chi connectivity index (χ1v) is 12.5. The molecule has 1 aliphatic carbocycles. The van der Waals surface area contributed by atoms with Gasteiger partial charge in [0.25, 0.3) is 5.91 Å². The molecule has 1 fully saturated rings. The molecule has 0 spiro atoms. The topological polar surface area (TPSA) is 107 Å². The number of hydrogen-bond donors (Lipinski definition) is 2. The Morgan fingerprint density at radius 3 is 2.73 bits per heavy atom. The summed E-state index contributed by atoms with van der Waals surface area (Å²) in [6.07, 6.45) is 7.68. The van der Waals surface area contributed by atoms with Crippen molar-refractivity contribution in [1.82, 2.24) is 9.80 Å². The van der Waals surface area contributed by atoms with Crippen LogP contribution < -0.4 is 5.32 Å². The number of hydrogen-bond acceptors (Lipinski definition) is 7. The first-order valence-electron chi connectivity index (χ1n) is 12.1. The molecule has 1 aromatic carbocycles. The highest BCUT2D eigenvalue weighted by Crippen LogP contribution is 2.29. The molecule has 0 saturated carbocycles. The number of nitrogens with zero attached hydrogens (tertiary/aromatic N) is 4. The van der Waals surface area contributed by atoms with Crippen molar-refractivity contribution in [3.63, 3.8) is 0 Å². The van der Waals surface area contributed by atoms with Crippen LogP contribution in [0.15, 0.2) is 64.4 Å². The van der Waals surface area contributed by atoms with Crippen LogP contribution in [0.1, 0.15) is 23.2 Å². The Hall–Kier alpha value is -3.50. The normalized spacial score (nSPS) is 25.4.